The molecule has 1 aliphatic rings. The van der Waals surface area contributed by atoms with Crippen LogP contribution in [-0.4, -0.2) is 41.7 Å². The molecule has 0 amide bonds. The van der Waals surface area contributed by atoms with Crippen LogP contribution >= 0.6 is 23.4 Å². The van der Waals surface area contributed by atoms with E-state index in [4.69, 9.17) is 21.1 Å². The number of methoxy groups -OCH3 is 1. The molecule has 158 valence electrons. The number of ether oxygens (including phenoxy) is 2. The predicted molar refractivity (Wildman–Crippen MR) is 116 cm³/mol. The van der Waals surface area contributed by atoms with Crippen LogP contribution in [0.15, 0.2) is 38.8 Å². The Morgan fingerprint density at radius 3 is 2.83 bits per heavy atom. The molecule has 1 aromatic heterocycles. The summed E-state index contributed by atoms with van der Waals surface area (Å²) in [6, 6.07) is 6.29. The lowest BCUT2D eigenvalue weighted by Crippen LogP contribution is -2.34. The highest BCUT2D eigenvalue weighted by Gasteiger charge is 2.25. The van der Waals surface area contributed by atoms with Gasteiger partial charge in [0, 0.05) is 23.3 Å². The monoisotopic (exact) mass is 450 g/mol. The van der Waals surface area contributed by atoms with Gasteiger partial charge in [0.15, 0.2) is 0 Å². The van der Waals surface area contributed by atoms with Crippen molar-refractivity contribution < 1.29 is 13.9 Å². The Bertz CT molecular complexity index is 1240. The third-order valence-electron chi connectivity index (χ3n) is 5.08. The molecule has 1 N–H and O–H groups in total. The quantitative estimate of drug-likeness (QED) is 0.601. The molecule has 0 unspecified atom stereocenters. The number of aromatic amines is 1. The van der Waals surface area contributed by atoms with Crippen molar-refractivity contribution >= 4 is 34.3 Å². The molecule has 0 radical (unpaired) electrons. The van der Waals surface area contributed by atoms with Crippen molar-refractivity contribution in [3.8, 4) is 11.1 Å². The second kappa shape index (κ2) is 8.55. The SMILES string of the molecule is COCCO[C@H]1CSc2c(-c3ccc(F)c(Cl)c3)c(C)cc3c(=O)[nH]c(=O)n(c23)C1. The molecule has 2 aromatic carbocycles. The first-order valence-corrected chi connectivity index (χ1v) is 10.8. The molecule has 9 heteroatoms. The van der Waals surface area contributed by atoms with E-state index in [-0.39, 0.29) is 11.1 Å². The minimum absolute atomic E-state index is 0.0156. The molecule has 0 aliphatic carbocycles. The molecule has 1 atom stereocenters. The van der Waals surface area contributed by atoms with Crippen molar-refractivity contribution in [1.82, 2.24) is 9.55 Å². The van der Waals surface area contributed by atoms with Crippen LogP contribution < -0.4 is 11.2 Å². The van der Waals surface area contributed by atoms with Crippen LogP contribution in [0.5, 0.6) is 0 Å². The minimum atomic E-state index is -0.502. The van der Waals surface area contributed by atoms with Crippen LogP contribution in [0.1, 0.15) is 5.56 Å². The third kappa shape index (κ3) is 3.80. The number of hydrogen-bond donors (Lipinski definition) is 1. The first-order valence-electron chi connectivity index (χ1n) is 9.40. The molecule has 1 aliphatic heterocycles. The van der Waals surface area contributed by atoms with Crippen LogP contribution in [0.3, 0.4) is 0 Å². The number of aryl methyl sites for hydroxylation is 1. The topological polar surface area (TPSA) is 73.3 Å². The molecule has 0 spiro atoms. The van der Waals surface area contributed by atoms with Crippen molar-refractivity contribution in [2.24, 2.45) is 0 Å². The zero-order chi connectivity index (χ0) is 21.4. The number of halogens is 2. The highest BCUT2D eigenvalue weighted by Crippen LogP contribution is 2.41. The van der Waals surface area contributed by atoms with E-state index in [0.717, 1.165) is 21.6 Å². The highest BCUT2D eigenvalue weighted by atomic mass is 35.5. The molecule has 0 bridgehead atoms. The van der Waals surface area contributed by atoms with Gasteiger partial charge in [0.1, 0.15) is 5.82 Å². The Labute approximate surface area is 181 Å². The van der Waals surface area contributed by atoms with Gasteiger partial charge < -0.3 is 9.47 Å². The fourth-order valence-electron chi connectivity index (χ4n) is 3.71. The Hall–Kier alpha value is -2.13. The zero-order valence-corrected chi connectivity index (χ0v) is 18.0. The van der Waals surface area contributed by atoms with Gasteiger partial charge in [-0.05, 0) is 36.2 Å². The average molecular weight is 451 g/mol. The van der Waals surface area contributed by atoms with Crippen LogP contribution in [0.2, 0.25) is 5.02 Å². The van der Waals surface area contributed by atoms with Crippen LogP contribution in [0.25, 0.3) is 22.0 Å². The number of nitrogens with zero attached hydrogens (tertiary/aromatic N) is 1. The van der Waals surface area contributed by atoms with Crippen molar-refractivity contribution in [3.63, 3.8) is 0 Å². The van der Waals surface area contributed by atoms with Crippen LogP contribution in [-0.2, 0) is 16.0 Å². The van der Waals surface area contributed by atoms with E-state index < -0.39 is 17.1 Å². The number of aromatic nitrogens is 2. The minimum Gasteiger partial charge on any atom is -0.382 e. The molecule has 0 saturated carbocycles. The van der Waals surface area contributed by atoms with Crippen LogP contribution in [0, 0.1) is 12.7 Å². The number of rotatable bonds is 5. The molecular formula is C21H20ClFN2O4S. The van der Waals surface area contributed by atoms with Crippen molar-refractivity contribution in [2.45, 2.75) is 24.5 Å². The van der Waals surface area contributed by atoms with E-state index in [1.807, 2.05) is 6.92 Å². The summed E-state index contributed by atoms with van der Waals surface area (Å²) < 4.78 is 26.2. The van der Waals surface area contributed by atoms with Gasteiger partial charge in [-0.15, -0.1) is 11.8 Å². The normalized spacial score (nSPS) is 16.1. The fraction of sp³-hybridized carbons (Fsp3) is 0.333. The van der Waals surface area contributed by atoms with Gasteiger partial charge in [0.25, 0.3) is 5.56 Å². The number of hydrogen-bond acceptors (Lipinski definition) is 5. The van der Waals surface area contributed by atoms with E-state index in [9.17, 15) is 14.0 Å². The number of thioether (sulfide) groups is 1. The lowest BCUT2D eigenvalue weighted by atomic mass is 9.98. The van der Waals surface area contributed by atoms with Gasteiger partial charge in [-0.3, -0.25) is 14.3 Å². The molecule has 2 heterocycles. The van der Waals surface area contributed by atoms with E-state index >= 15 is 0 Å². The van der Waals surface area contributed by atoms with Gasteiger partial charge in [-0.2, -0.15) is 0 Å². The summed E-state index contributed by atoms with van der Waals surface area (Å²) in [6.45, 7) is 3.04. The first-order chi connectivity index (χ1) is 14.4. The highest BCUT2D eigenvalue weighted by molar-refractivity contribution is 7.99. The Kier molecular flexibility index (Phi) is 6.02. The standard InChI is InChI=1S/C21H20ClFN2O4S/c1-11-7-14-18-19(17(11)12-3-4-16(23)15(22)8-12)30-10-13(29-6-5-28-2)9-25(18)21(27)24-20(14)26/h3-4,7-8,13H,5-6,9-10H2,1-2H3,(H,24,26,27)/t13-/m1/s1. The fourth-order valence-corrected chi connectivity index (χ4v) is 5.22. The smallest absolute Gasteiger partial charge is 0.328 e. The van der Waals surface area contributed by atoms with E-state index in [1.165, 1.54) is 17.8 Å². The summed E-state index contributed by atoms with van der Waals surface area (Å²) in [6.07, 6.45) is -0.241. The van der Waals surface area contributed by atoms with Crippen molar-refractivity contribution in [1.29, 1.82) is 0 Å². The van der Waals surface area contributed by atoms with Gasteiger partial charge in [0.05, 0.1) is 41.8 Å². The maximum Gasteiger partial charge on any atom is 0.328 e. The van der Waals surface area contributed by atoms with E-state index in [0.29, 0.717) is 36.4 Å². The average Bonchev–Trinajstić information content (AvgIpc) is 2.89. The summed E-state index contributed by atoms with van der Waals surface area (Å²) in [5.74, 6) is 0.0804. The summed E-state index contributed by atoms with van der Waals surface area (Å²) in [5.41, 5.74) is 2.03. The molecular weight excluding hydrogens is 431 g/mol. The van der Waals surface area contributed by atoms with E-state index in [2.05, 4.69) is 4.98 Å². The molecule has 0 saturated heterocycles. The van der Waals surface area contributed by atoms with Crippen molar-refractivity contribution in [3.05, 3.63) is 61.5 Å². The van der Waals surface area contributed by atoms with E-state index in [1.54, 1.807) is 29.9 Å². The van der Waals surface area contributed by atoms with Gasteiger partial charge >= 0.3 is 5.69 Å². The van der Waals surface area contributed by atoms with Gasteiger partial charge in [-0.25, -0.2) is 9.18 Å². The molecule has 4 rings (SSSR count). The first kappa shape index (κ1) is 21.1. The second-order valence-electron chi connectivity index (χ2n) is 7.09. The summed E-state index contributed by atoms with van der Waals surface area (Å²) in [5, 5.41) is 0.450. The number of nitrogens with one attached hydrogen (secondary N) is 1. The third-order valence-corrected chi connectivity index (χ3v) is 6.60. The molecule has 0 fully saturated rings. The zero-order valence-electron chi connectivity index (χ0n) is 16.5. The molecule has 30 heavy (non-hydrogen) atoms. The van der Waals surface area contributed by atoms with Crippen LogP contribution in [0.4, 0.5) is 4.39 Å². The molecule has 3 aromatic rings. The Balaban J connectivity index is 1.95. The maximum absolute atomic E-state index is 13.7. The second-order valence-corrected chi connectivity index (χ2v) is 8.53. The largest absolute Gasteiger partial charge is 0.382 e. The number of benzene rings is 2. The summed E-state index contributed by atoms with van der Waals surface area (Å²) >= 11 is 7.54. The Morgan fingerprint density at radius 2 is 2.10 bits per heavy atom. The predicted octanol–water partition coefficient (Wildman–Crippen LogP) is 3.60. The van der Waals surface area contributed by atoms with Gasteiger partial charge in [-0.1, -0.05) is 17.7 Å². The Morgan fingerprint density at radius 1 is 1.30 bits per heavy atom. The summed E-state index contributed by atoms with van der Waals surface area (Å²) in [4.78, 5) is 28.4. The summed E-state index contributed by atoms with van der Waals surface area (Å²) in [7, 11) is 1.60. The lowest BCUT2D eigenvalue weighted by Gasteiger charge is -2.17. The molecule has 6 nitrogen and oxygen atoms in total. The number of H-pyrrole nitrogens is 1. The maximum atomic E-state index is 13.7. The van der Waals surface area contributed by atoms with Gasteiger partial charge in [0.2, 0.25) is 0 Å². The lowest BCUT2D eigenvalue weighted by molar-refractivity contribution is 0.0211. The van der Waals surface area contributed by atoms with Crippen molar-refractivity contribution in [2.75, 3.05) is 26.1 Å².